The second-order valence-electron chi connectivity index (χ2n) is 3.04. The molecule has 0 aliphatic rings. The lowest BCUT2D eigenvalue weighted by atomic mass is 10.3. The fraction of sp³-hybridized carbons (Fsp3) is 0.111. The monoisotopic (exact) mass is 240 g/mol. The molecule has 0 unspecified atom stereocenters. The number of nitrogens with zero attached hydrogens (tertiary/aromatic N) is 4. The SMILES string of the molecule is Cc1nn(-c2nc(Cl)ncc2F)cc1C=O. The molecule has 2 heterocycles. The lowest BCUT2D eigenvalue weighted by Gasteiger charge is -2.00. The van der Waals surface area contributed by atoms with Gasteiger partial charge in [0.25, 0.3) is 0 Å². The van der Waals surface area contributed by atoms with Gasteiger partial charge in [-0.1, -0.05) is 0 Å². The molecule has 0 saturated heterocycles. The smallest absolute Gasteiger partial charge is 0.224 e. The van der Waals surface area contributed by atoms with E-state index >= 15 is 0 Å². The number of aromatic nitrogens is 4. The highest BCUT2D eigenvalue weighted by Crippen LogP contribution is 2.13. The summed E-state index contributed by atoms with van der Waals surface area (Å²) in [5.41, 5.74) is 0.860. The van der Waals surface area contributed by atoms with Crippen LogP contribution in [-0.2, 0) is 0 Å². The summed E-state index contributed by atoms with van der Waals surface area (Å²) < 4.78 is 14.5. The van der Waals surface area contributed by atoms with Crippen molar-refractivity contribution in [3.05, 3.63) is 34.8 Å². The largest absolute Gasteiger partial charge is 0.298 e. The first-order chi connectivity index (χ1) is 7.61. The van der Waals surface area contributed by atoms with E-state index in [2.05, 4.69) is 15.1 Å². The van der Waals surface area contributed by atoms with Crippen LogP contribution in [0, 0.1) is 12.7 Å². The number of rotatable bonds is 2. The first-order valence-corrected chi connectivity index (χ1v) is 4.69. The molecule has 0 aliphatic carbocycles. The van der Waals surface area contributed by atoms with Crippen molar-refractivity contribution < 1.29 is 9.18 Å². The highest BCUT2D eigenvalue weighted by molar-refractivity contribution is 6.28. The second kappa shape index (κ2) is 3.97. The van der Waals surface area contributed by atoms with Crippen molar-refractivity contribution in [2.75, 3.05) is 0 Å². The van der Waals surface area contributed by atoms with E-state index in [-0.39, 0.29) is 11.1 Å². The minimum atomic E-state index is -0.663. The van der Waals surface area contributed by atoms with Gasteiger partial charge in [0.1, 0.15) is 0 Å². The van der Waals surface area contributed by atoms with Crippen LogP contribution in [0.5, 0.6) is 0 Å². The van der Waals surface area contributed by atoms with Crippen LogP contribution in [0.2, 0.25) is 5.28 Å². The Labute approximate surface area is 94.9 Å². The molecule has 7 heteroatoms. The third-order valence-electron chi connectivity index (χ3n) is 1.98. The van der Waals surface area contributed by atoms with Crippen molar-refractivity contribution in [1.82, 2.24) is 19.7 Å². The molecule has 0 amide bonds. The molecule has 2 aromatic heterocycles. The summed E-state index contributed by atoms with van der Waals surface area (Å²) in [6.07, 6.45) is 2.96. The Morgan fingerprint density at radius 1 is 1.56 bits per heavy atom. The van der Waals surface area contributed by atoms with Gasteiger partial charge in [-0.2, -0.15) is 10.1 Å². The lowest BCUT2D eigenvalue weighted by Crippen LogP contribution is -2.03. The van der Waals surface area contributed by atoms with Gasteiger partial charge in [0.05, 0.1) is 17.5 Å². The molecule has 0 atom stereocenters. The van der Waals surface area contributed by atoms with Crippen molar-refractivity contribution in [3.63, 3.8) is 0 Å². The summed E-state index contributed by atoms with van der Waals surface area (Å²) in [5.74, 6) is -0.749. The number of aryl methyl sites for hydroxylation is 1. The van der Waals surface area contributed by atoms with E-state index in [0.717, 1.165) is 10.9 Å². The molecule has 0 aromatic carbocycles. The van der Waals surface area contributed by atoms with E-state index in [1.165, 1.54) is 6.20 Å². The molecule has 2 aromatic rings. The van der Waals surface area contributed by atoms with Crippen molar-refractivity contribution in [1.29, 1.82) is 0 Å². The Morgan fingerprint density at radius 2 is 2.31 bits per heavy atom. The Balaban J connectivity index is 2.57. The van der Waals surface area contributed by atoms with Crippen LogP contribution < -0.4 is 0 Å². The number of hydrogen-bond acceptors (Lipinski definition) is 4. The highest BCUT2D eigenvalue weighted by atomic mass is 35.5. The van der Waals surface area contributed by atoms with Crippen LogP contribution in [0.4, 0.5) is 4.39 Å². The topological polar surface area (TPSA) is 60.7 Å². The molecule has 0 saturated carbocycles. The summed E-state index contributed by atoms with van der Waals surface area (Å²) in [7, 11) is 0. The first kappa shape index (κ1) is 10.7. The van der Waals surface area contributed by atoms with Crippen molar-refractivity contribution in [3.8, 4) is 5.82 Å². The first-order valence-electron chi connectivity index (χ1n) is 4.31. The summed E-state index contributed by atoms with van der Waals surface area (Å²) in [4.78, 5) is 17.8. The zero-order valence-corrected chi connectivity index (χ0v) is 8.94. The minimum absolute atomic E-state index is 0.0859. The van der Waals surface area contributed by atoms with E-state index in [1.54, 1.807) is 6.92 Å². The van der Waals surface area contributed by atoms with Crippen LogP contribution in [0.1, 0.15) is 16.1 Å². The minimum Gasteiger partial charge on any atom is -0.298 e. The zero-order chi connectivity index (χ0) is 11.7. The molecule has 2 rings (SSSR count). The van der Waals surface area contributed by atoms with Gasteiger partial charge in [-0.05, 0) is 18.5 Å². The molecule has 0 aliphatic heterocycles. The summed E-state index contributed by atoms with van der Waals surface area (Å²) in [6, 6.07) is 0. The second-order valence-corrected chi connectivity index (χ2v) is 3.38. The molecule has 16 heavy (non-hydrogen) atoms. The van der Waals surface area contributed by atoms with Gasteiger partial charge in [-0.3, -0.25) is 4.79 Å². The van der Waals surface area contributed by atoms with E-state index in [9.17, 15) is 9.18 Å². The van der Waals surface area contributed by atoms with E-state index in [4.69, 9.17) is 11.6 Å². The van der Waals surface area contributed by atoms with E-state index in [1.807, 2.05) is 0 Å². The van der Waals surface area contributed by atoms with Gasteiger partial charge in [-0.15, -0.1) is 0 Å². The standard InChI is InChI=1S/C9H6ClFN4O/c1-5-6(4-16)3-15(14-5)8-7(11)2-12-9(10)13-8/h2-4H,1H3. The van der Waals surface area contributed by atoms with Gasteiger partial charge < -0.3 is 0 Å². The Kier molecular flexibility index (Phi) is 2.66. The number of carbonyl (C=O) groups excluding carboxylic acids is 1. The molecular formula is C9H6ClFN4O. The third kappa shape index (κ3) is 1.79. The number of hydrogen-bond donors (Lipinski definition) is 0. The molecule has 0 N–H and O–H groups in total. The molecule has 82 valence electrons. The van der Waals surface area contributed by atoms with Gasteiger partial charge >= 0.3 is 0 Å². The highest BCUT2D eigenvalue weighted by Gasteiger charge is 2.11. The molecule has 0 bridgehead atoms. The maximum absolute atomic E-state index is 13.4. The predicted octanol–water partition coefficient (Wildman–Crippen LogP) is 1.58. The Bertz CT molecular complexity index is 554. The summed E-state index contributed by atoms with van der Waals surface area (Å²) in [5, 5.41) is 3.86. The van der Waals surface area contributed by atoms with Crippen molar-refractivity contribution in [2.45, 2.75) is 6.92 Å². The van der Waals surface area contributed by atoms with Crippen molar-refractivity contribution in [2.24, 2.45) is 0 Å². The molecule has 0 fully saturated rings. The van der Waals surface area contributed by atoms with Crippen LogP contribution in [-0.4, -0.2) is 26.0 Å². The van der Waals surface area contributed by atoms with Gasteiger partial charge in [0, 0.05) is 6.20 Å². The molecule has 0 spiro atoms. The molecule has 0 radical (unpaired) electrons. The van der Waals surface area contributed by atoms with Crippen LogP contribution in [0.25, 0.3) is 5.82 Å². The predicted molar refractivity (Wildman–Crippen MR) is 54.2 cm³/mol. The summed E-state index contributed by atoms with van der Waals surface area (Å²) >= 11 is 5.55. The normalized spacial score (nSPS) is 10.4. The zero-order valence-electron chi connectivity index (χ0n) is 8.19. The fourth-order valence-corrected chi connectivity index (χ4v) is 1.32. The molecule has 5 nitrogen and oxygen atoms in total. The average Bonchev–Trinajstić information content (AvgIpc) is 2.63. The fourth-order valence-electron chi connectivity index (χ4n) is 1.20. The van der Waals surface area contributed by atoms with Crippen LogP contribution in [0.15, 0.2) is 12.4 Å². The lowest BCUT2D eigenvalue weighted by molar-refractivity contribution is 0.112. The maximum atomic E-state index is 13.4. The van der Waals surface area contributed by atoms with E-state index in [0.29, 0.717) is 17.5 Å². The maximum Gasteiger partial charge on any atom is 0.224 e. The van der Waals surface area contributed by atoms with Crippen LogP contribution >= 0.6 is 11.6 Å². The average molecular weight is 241 g/mol. The third-order valence-corrected chi connectivity index (χ3v) is 2.16. The number of aldehydes is 1. The van der Waals surface area contributed by atoms with Crippen molar-refractivity contribution >= 4 is 17.9 Å². The summed E-state index contributed by atoms with van der Waals surface area (Å²) in [6.45, 7) is 1.64. The van der Waals surface area contributed by atoms with E-state index < -0.39 is 5.82 Å². The molecular weight excluding hydrogens is 235 g/mol. The van der Waals surface area contributed by atoms with Gasteiger partial charge in [-0.25, -0.2) is 14.1 Å². The number of carbonyl (C=O) groups is 1. The number of halogens is 2. The van der Waals surface area contributed by atoms with Gasteiger partial charge in [0.2, 0.25) is 5.28 Å². The Morgan fingerprint density at radius 3 is 2.94 bits per heavy atom. The Hall–Kier alpha value is -1.82. The van der Waals surface area contributed by atoms with Crippen LogP contribution in [0.3, 0.4) is 0 Å². The quantitative estimate of drug-likeness (QED) is 0.591. The van der Waals surface area contributed by atoms with Gasteiger partial charge in [0.15, 0.2) is 17.9 Å².